The van der Waals surface area contributed by atoms with Crippen molar-refractivity contribution in [1.82, 2.24) is 0 Å². The van der Waals surface area contributed by atoms with Gasteiger partial charge in [0.05, 0.1) is 11.4 Å². The Morgan fingerprint density at radius 2 is 1.89 bits per heavy atom. The van der Waals surface area contributed by atoms with Gasteiger partial charge in [-0.15, -0.1) is 0 Å². The Morgan fingerprint density at radius 1 is 1.44 bits per heavy atom. The van der Waals surface area contributed by atoms with Crippen molar-refractivity contribution < 1.29 is 60.0 Å². The molecule has 0 heterocycles. The quantitative estimate of drug-likeness (QED) is 0.228. The molecular formula is C7H10NNaO7S2. The monoisotopic (exact) mass is 307 g/mol. The minimum Gasteiger partial charge on any atom is -0.750 e. The van der Waals surface area contributed by atoms with E-state index in [0.29, 0.717) is 11.3 Å². The van der Waals surface area contributed by atoms with Crippen molar-refractivity contribution in [3.8, 4) is 5.75 Å². The molecule has 1 unspecified atom stereocenters. The second kappa shape index (κ2) is 8.82. The third kappa shape index (κ3) is 10.9. The van der Waals surface area contributed by atoms with Gasteiger partial charge in [0.25, 0.3) is 0 Å². The van der Waals surface area contributed by atoms with Gasteiger partial charge in [-0.3, -0.25) is 4.55 Å². The smallest absolute Gasteiger partial charge is 0.750 e. The van der Waals surface area contributed by atoms with Crippen molar-refractivity contribution >= 4 is 27.4 Å². The van der Waals surface area contributed by atoms with Gasteiger partial charge in [-0.05, 0) is 30.7 Å². The Balaban J connectivity index is 0. The van der Waals surface area contributed by atoms with E-state index in [1.807, 2.05) is 0 Å². The van der Waals surface area contributed by atoms with Crippen molar-refractivity contribution in [3.63, 3.8) is 0 Å². The van der Waals surface area contributed by atoms with Gasteiger partial charge in [0, 0.05) is 5.69 Å². The summed E-state index contributed by atoms with van der Waals surface area (Å²) in [6.45, 7) is 1.62. The van der Waals surface area contributed by atoms with Crippen LogP contribution in [0.15, 0.2) is 18.2 Å². The second-order valence-electron chi connectivity index (χ2n) is 2.75. The van der Waals surface area contributed by atoms with Crippen LogP contribution in [0.3, 0.4) is 0 Å². The summed E-state index contributed by atoms with van der Waals surface area (Å²) in [7, 11) is -4.45. The number of benzene rings is 1. The van der Waals surface area contributed by atoms with E-state index in [0.717, 1.165) is 0 Å². The number of hydrogen-bond donors (Lipinski definition) is 3. The fourth-order valence-corrected chi connectivity index (χ4v) is 1.29. The summed E-state index contributed by atoms with van der Waals surface area (Å²) in [6.07, 6.45) is 0. The summed E-state index contributed by atoms with van der Waals surface area (Å²) in [5, 5.41) is 0. The first-order chi connectivity index (χ1) is 7.61. The summed E-state index contributed by atoms with van der Waals surface area (Å²) < 4.78 is 57.4. The molecule has 0 aliphatic carbocycles. The summed E-state index contributed by atoms with van der Waals surface area (Å²) in [6, 6.07) is 4.40. The average molecular weight is 307 g/mol. The molecule has 1 rings (SSSR count). The van der Waals surface area contributed by atoms with Crippen LogP contribution in [-0.4, -0.2) is 26.3 Å². The molecule has 0 bridgehead atoms. The van der Waals surface area contributed by atoms with E-state index in [1.54, 1.807) is 13.0 Å². The second-order valence-corrected chi connectivity index (χ2v) is 4.21. The van der Waals surface area contributed by atoms with E-state index in [9.17, 15) is 8.42 Å². The predicted octanol–water partition coefficient (Wildman–Crippen LogP) is -2.90. The molecule has 0 saturated heterocycles. The molecule has 0 amide bonds. The predicted molar refractivity (Wildman–Crippen MR) is 59.3 cm³/mol. The van der Waals surface area contributed by atoms with Gasteiger partial charge < -0.3 is 19.0 Å². The summed E-state index contributed by atoms with van der Waals surface area (Å²) in [5.41, 5.74) is 6.46. The van der Waals surface area contributed by atoms with Crippen LogP contribution >= 0.6 is 0 Å². The Morgan fingerprint density at radius 3 is 2.22 bits per heavy atom. The van der Waals surface area contributed by atoms with Crippen molar-refractivity contribution in [2.45, 2.75) is 6.92 Å². The molecule has 0 spiro atoms. The van der Waals surface area contributed by atoms with Crippen LogP contribution in [0.25, 0.3) is 0 Å². The van der Waals surface area contributed by atoms with E-state index < -0.39 is 21.8 Å². The maximum absolute atomic E-state index is 10.3. The molecule has 0 aliphatic rings. The largest absolute Gasteiger partial charge is 1.00 e. The Labute approximate surface area is 129 Å². The Kier molecular flexibility index (Phi) is 9.87. The maximum atomic E-state index is 10.3. The summed E-state index contributed by atoms with van der Waals surface area (Å²) >= 11 is -2.86. The molecule has 98 valence electrons. The number of aryl methyl sites for hydroxylation is 1. The minimum atomic E-state index is -4.45. The number of nitrogen functional groups attached to an aromatic ring is 1. The minimum absolute atomic E-state index is 0. The first kappa shape index (κ1) is 20.1. The molecule has 0 aromatic heterocycles. The van der Waals surface area contributed by atoms with E-state index in [4.69, 9.17) is 23.6 Å². The Hall–Kier alpha value is -0.200. The SMILES string of the molecule is Cc1cc(N)ccc1OS(=O)(=O)O.O=S([O-])O.[Na+]. The van der Waals surface area contributed by atoms with Crippen LogP contribution in [0, 0.1) is 6.92 Å². The van der Waals surface area contributed by atoms with Gasteiger partial charge in [0.1, 0.15) is 5.75 Å². The number of anilines is 1. The molecule has 0 aliphatic heterocycles. The zero-order valence-electron chi connectivity index (χ0n) is 9.56. The van der Waals surface area contributed by atoms with Crippen LogP contribution in [0.1, 0.15) is 5.56 Å². The number of rotatable bonds is 2. The van der Waals surface area contributed by atoms with Gasteiger partial charge in [-0.1, -0.05) is 0 Å². The zero-order valence-corrected chi connectivity index (χ0v) is 13.2. The van der Waals surface area contributed by atoms with E-state index >= 15 is 0 Å². The molecule has 1 aromatic rings. The van der Waals surface area contributed by atoms with Gasteiger partial charge in [0.15, 0.2) is 0 Å². The van der Waals surface area contributed by atoms with Crippen LogP contribution in [-0.2, 0) is 21.8 Å². The molecule has 8 nitrogen and oxygen atoms in total. The third-order valence-corrected chi connectivity index (χ3v) is 1.78. The molecule has 0 saturated carbocycles. The molecule has 0 radical (unpaired) electrons. The molecule has 18 heavy (non-hydrogen) atoms. The molecule has 1 atom stereocenters. The number of nitrogens with two attached hydrogens (primary N) is 1. The summed E-state index contributed by atoms with van der Waals surface area (Å²) in [5.74, 6) is 0.0664. The fourth-order valence-electron chi connectivity index (χ4n) is 0.880. The first-order valence-electron chi connectivity index (χ1n) is 3.93. The molecular weight excluding hydrogens is 297 g/mol. The van der Waals surface area contributed by atoms with E-state index in [1.165, 1.54) is 12.1 Å². The van der Waals surface area contributed by atoms with Gasteiger partial charge in [0.2, 0.25) is 0 Å². The molecule has 11 heteroatoms. The van der Waals surface area contributed by atoms with Gasteiger partial charge in [-0.2, -0.15) is 8.42 Å². The van der Waals surface area contributed by atoms with Crippen LogP contribution in [0.2, 0.25) is 0 Å². The van der Waals surface area contributed by atoms with Crippen LogP contribution < -0.4 is 39.5 Å². The van der Waals surface area contributed by atoms with Crippen LogP contribution in [0.5, 0.6) is 5.75 Å². The normalized spacial score (nSPS) is 11.6. The standard InChI is InChI=1S/C7H9NO4S.Na.H2O3S/c1-5-4-6(8)2-3-7(5)12-13(9,10)11;;1-4(2)3/h2-4H,8H2,1H3,(H,9,10,11);;(H2,1,2,3)/q;+1;/p-1. The maximum Gasteiger partial charge on any atom is 1.00 e. The molecule has 1 aromatic carbocycles. The average Bonchev–Trinajstić information content (AvgIpc) is 2.07. The van der Waals surface area contributed by atoms with Crippen molar-refractivity contribution in [1.29, 1.82) is 0 Å². The fraction of sp³-hybridized carbons (Fsp3) is 0.143. The zero-order chi connectivity index (χ0) is 13.6. The van der Waals surface area contributed by atoms with Crippen molar-refractivity contribution in [2.75, 3.05) is 5.73 Å². The van der Waals surface area contributed by atoms with Gasteiger partial charge >= 0.3 is 40.0 Å². The third-order valence-electron chi connectivity index (χ3n) is 1.39. The van der Waals surface area contributed by atoms with Crippen molar-refractivity contribution in [2.24, 2.45) is 0 Å². The molecule has 0 fully saturated rings. The van der Waals surface area contributed by atoms with E-state index in [-0.39, 0.29) is 35.3 Å². The topological polar surface area (TPSA) is 150 Å². The van der Waals surface area contributed by atoms with Crippen molar-refractivity contribution in [3.05, 3.63) is 23.8 Å². The number of hydrogen-bond acceptors (Lipinski definition) is 6. The van der Waals surface area contributed by atoms with Gasteiger partial charge in [-0.25, -0.2) is 4.21 Å². The van der Waals surface area contributed by atoms with Crippen LogP contribution in [0.4, 0.5) is 5.69 Å². The van der Waals surface area contributed by atoms with E-state index in [2.05, 4.69) is 4.18 Å². The Bertz CT molecular complexity index is 501. The first-order valence-corrected chi connectivity index (χ1v) is 6.33. The molecule has 4 N–H and O–H groups in total. The summed E-state index contributed by atoms with van der Waals surface area (Å²) in [4.78, 5) is 0.